The Morgan fingerprint density at radius 2 is 1.72 bits per heavy atom. The number of hydrogen-bond acceptors (Lipinski definition) is 3. The van der Waals surface area contributed by atoms with Crippen LogP contribution in [0.25, 0.3) is 11.1 Å². The Morgan fingerprint density at radius 1 is 1.07 bits per heavy atom. The molecule has 1 saturated heterocycles. The van der Waals surface area contributed by atoms with Crippen LogP contribution in [0.15, 0.2) is 49.1 Å². The average Bonchev–Trinajstić information content (AvgIpc) is 2.84. The smallest absolute Gasteiger partial charge is 0.490 e. The number of benzene rings is 2. The molecular weight excluding hydrogens is 373 g/mol. The summed E-state index contributed by atoms with van der Waals surface area (Å²) >= 11 is 0. The zero-order chi connectivity index (χ0) is 21.4. The van der Waals surface area contributed by atoms with Crippen LogP contribution in [0.3, 0.4) is 0 Å². The largest absolute Gasteiger partial charge is 0.494 e. The van der Waals surface area contributed by atoms with Crippen molar-refractivity contribution in [3.05, 3.63) is 60.7 Å². The number of hydrogen-bond donors (Lipinski definition) is 0. The second kappa shape index (κ2) is 7.92. The van der Waals surface area contributed by atoms with Crippen molar-refractivity contribution in [2.24, 2.45) is 0 Å². The molecule has 0 amide bonds. The summed E-state index contributed by atoms with van der Waals surface area (Å²) in [6.45, 7) is 13.3. The summed E-state index contributed by atoms with van der Waals surface area (Å²) in [5.74, 6) is -0.820. The highest BCUT2D eigenvalue weighted by Gasteiger charge is 2.51. The summed E-state index contributed by atoms with van der Waals surface area (Å²) in [5, 5.41) is 0. The van der Waals surface area contributed by atoms with E-state index in [-0.39, 0.29) is 23.0 Å². The lowest BCUT2D eigenvalue weighted by Crippen LogP contribution is -2.41. The first-order valence-corrected chi connectivity index (χ1v) is 9.77. The summed E-state index contributed by atoms with van der Waals surface area (Å²) in [6.07, 6.45) is 2.09. The quantitative estimate of drug-likeness (QED) is 0.488. The van der Waals surface area contributed by atoms with Crippen LogP contribution in [-0.2, 0) is 9.31 Å². The maximum absolute atomic E-state index is 14.8. The first-order valence-electron chi connectivity index (χ1n) is 9.77. The second-order valence-corrected chi connectivity index (χ2v) is 8.39. The first kappa shape index (κ1) is 21.5. The molecule has 1 heterocycles. The Bertz CT molecular complexity index is 895. The van der Waals surface area contributed by atoms with Crippen LogP contribution in [0.1, 0.15) is 41.0 Å². The van der Waals surface area contributed by atoms with E-state index in [9.17, 15) is 8.78 Å². The Kier molecular flexibility index (Phi) is 5.88. The van der Waals surface area contributed by atoms with Crippen LogP contribution < -0.4 is 10.2 Å². The van der Waals surface area contributed by atoms with E-state index in [0.29, 0.717) is 11.9 Å². The molecule has 3 nitrogen and oxygen atoms in total. The summed E-state index contributed by atoms with van der Waals surface area (Å²) in [7, 11) is -0.671. The molecule has 154 valence electrons. The molecule has 0 spiro atoms. The van der Waals surface area contributed by atoms with Crippen molar-refractivity contribution in [3.8, 4) is 16.9 Å². The summed E-state index contributed by atoms with van der Waals surface area (Å²) in [6, 6.07) is 8.95. The third kappa shape index (κ3) is 4.24. The lowest BCUT2D eigenvalue weighted by molar-refractivity contribution is 0.00578. The van der Waals surface area contributed by atoms with E-state index in [1.807, 2.05) is 34.6 Å². The van der Waals surface area contributed by atoms with Gasteiger partial charge in [0.1, 0.15) is 17.4 Å². The predicted octanol–water partition coefficient (Wildman–Crippen LogP) is 5.27. The maximum atomic E-state index is 14.8. The Hall–Kier alpha value is -2.18. The molecule has 29 heavy (non-hydrogen) atoms. The predicted molar refractivity (Wildman–Crippen MR) is 112 cm³/mol. The van der Waals surface area contributed by atoms with Crippen molar-refractivity contribution >= 4 is 12.6 Å². The highest BCUT2D eigenvalue weighted by Crippen LogP contribution is 2.38. The van der Waals surface area contributed by atoms with Crippen molar-refractivity contribution in [1.82, 2.24) is 0 Å². The van der Waals surface area contributed by atoms with Crippen LogP contribution in [-0.4, -0.2) is 24.4 Å². The molecule has 0 bridgehead atoms. The molecule has 0 aliphatic carbocycles. The van der Waals surface area contributed by atoms with E-state index < -0.39 is 30.0 Å². The average molecular weight is 400 g/mol. The Morgan fingerprint density at radius 3 is 2.34 bits per heavy atom. The molecule has 0 N–H and O–H groups in total. The molecule has 1 aliphatic rings. The highest BCUT2D eigenvalue weighted by molar-refractivity contribution is 6.62. The molecule has 1 fully saturated rings. The van der Waals surface area contributed by atoms with Crippen molar-refractivity contribution in [2.45, 2.75) is 58.3 Å². The van der Waals surface area contributed by atoms with E-state index in [1.165, 1.54) is 12.1 Å². The molecule has 0 saturated carbocycles. The fourth-order valence-electron chi connectivity index (χ4n) is 3.22. The van der Waals surface area contributed by atoms with Gasteiger partial charge in [0.2, 0.25) is 0 Å². The third-order valence-corrected chi connectivity index (χ3v) is 5.59. The zero-order valence-electron chi connectivity index (χ0n) is 17.6. The lowest BCUT2D eigenvalue weighted by Gasteiger charge is -2.32. The molecular formula is C23H27BF2O3. The van der Waals surface area contributed by atoms with Gasteiger partial charge in [-0.15, -0.1) is 6.58 Å². The Balaban J connectivity index is 2.03. The van der Waals surface area contributed by atoms with E-state index >= 15 is 0 Å². The van der Waals surface area contributed by atoms with Gasteiger partial charge in [0.25, 0.3) is 0 Å². The highest BCUT2D eigenvalue weighted by atomic mass is 19.1. The minimum Gasteiger partial charge on any atom is -0.490 e. The van der Waals surface area contributed by atoms with Gasteiger partial charge < -0.3 is 14.0 Å². The van der Waals surface area contributed by atoms with E-state index in [2.05, 4.69) is 6.58 Å². The van der Waals surface area contributed by atoms with Gasteiger partial charge >= 0.3 is 7.12 Å². The van der Waals surface area contributed by atoms with Gasteiger partial charge in [-0.2, -0.15) is 0 Å². The van der Waals surface area contributed by atoms with Gasteiger partial charge in [0.05, 0.1) is 22.9 Å². The number of rotatable bonds is 6. The van der Waals surface area contributed by atoms with Crippen molar-refractivity contribution in [3.63, 3.8) is 0 Å². The van der Waals surface area contributed by atoms with Gasteiger partial charge in [-0.05, 0) is 58.3 Å². The molecule has 2 aromatic rings. The fraction of sp³-hybridized carbons (Fsp3) is 0.391. The fourth-order valence-corrected chi connectivity index (χ4v) is 3.22. The van der Waals surface area contributed by atoms with Crippen LogP contribution in [0.5, 0.6) is 5.75 Å². The molecule has 3 rings (SSSR count). The van der Waals surface area contributed by atoms with Crippen LogP contribution >= 0.6 is 0 Å². The molecule has 0 aromatic heterocycles. The number of halogens is 2. The minimum absolute atomic E-state index is 0.0827. The molecule has 1 unspecified atom stereocenters. The van der Waals surface area contributed by atoms with Gasteiger partial charge in [-0.1, -0.05) is 24.3 Å². The van der Waals surface area contributed by atoms with Crippen LogP contribution in [0, 0.1) is 11.6 Å². The third-order valence-electron chi connectivity index (χ3n) is 5.59. The summed E-state index contributed by atoms with van der Waals surface area (Å²) in [5.41, 5.74) is -0.249. The Labute approximate surface area is 171 Å². The van der Waals surface area contributed by atoms with E-state index in [4.69, 9.17) is 14.0 Å². The molecule has 6 heteroatoms. The van der Waals surface area contributed by atoms with Gasteiger partial charge in [0.15, 0.2) is 0 Å². The summed E-state index contributed by atoms with van der Waals surface area (Å²) < 4.78 is 47.5. The van der Waals surface area contributed by atoms with Gasteiger partial charge in [-0.25, -0.2) is 8.78 Å². The standard InChI is InChI=1S/C23H27BF2O3/c1-7-9-15(2)27-20-11-8-10-19(26)21(20)17-14-16(12-13-18(17)25)24-28-22(3,4)23(5,6)29-24/h7-8,10-15H,1,9H2,2-6H3. The molecule has 0 radical (unpaired) electrons. The van der Waals surface area contributed by atoms with Crippen LogP contribution in [0.4, 0.5) is 8.78 Å². The van der Waals surface area contributed by atoms with Gasteiger partial charge in [-0.3, -0.25) is 0 Å². The lowest BCUT2D eigenvalue weighted by atomic mass is 9.77. The number of ether oxygens (including phenoxy) is 1. The molecule has 1 aliphatic heterocycles. The van der Waals surface area contributed by atoms with Crippen molar-refractivity contribution < 1.29 is 22.8 Å². The zero-order valence-corrected chi connectivity index (χ0v) is 17.6. The van der Waals surface area contributed by atoms with E-state index in [1.54, 1.807) is 30.3 Å². The van der Waals surface area contributed by atoms with Crippen molar-refractivity contribution in [2.75, 3.05) is 0 Å². The first-order chi connectivity index (χ1) is 13.6. The normalized spacial score (nSPS) is 18.5. The monoisotopic (exact) mass is 400 g/mol. The minimum atomic E-state index is -0.671. The molecule has 1 atom stereocenters. The molecule has 2 aromatic carbocycles. The maximum Gasteiger partial charge on any atom is 0.494 e. The van der Waals surface area contributed by atoms with Crippen molar-refractivity contribution in [1.29, 1.82) is 0 Å². The second-order valence-electron chi connectivity index (χ2n) is 8.39. The SMILES string of the molecule is C=CCC(C)Oc1cccc(F)c1-c1cc(B2OC(C)(C)C(C)(C)O2)ccc1F. The van der Waals surface area contributed by atoms with Crippen LogP contribution in [0.2, 0.25) is 0 Å². The van der Waals surface area contributed by atoms with E-state index in [0.717, 1.165) is 0 Å². The summed E-state index contributed by atoms with van der Waals surface area (Å²) in [4.78, 5) is 0. The topological polar surface area (TPSA) is 27.7 Å². The van der Waals surface area contributed by atoms with Gasteiger partial charge in [0, 0.05) is 12.0 Å².